The van der Waals surface area contributed by atoms with Gasteiger partial charge in [-0.05, 0) is 42.3 Å². The van der Waals surface area contributed by atoms with Crippen LogP contribution in [0.3, 0.4) is 0 Å². The molecule has 2 aromatic rings. The second kappa shape index (κ2) is 9.00. The van der Waals surface area contributed by atoms with Crippen molar-refractivity contribution in [2.75, 3.05) is 13.7 Å². The minimum atomic E-state index is -1.00. The van der Waals surface area contributed by atoms with Gasteiger partial charge >= 0.3 is 5.97 Å². The Kier molecular flexibility index (Phi) is 6.42. The third-order valence-corrected chi connectivity index (χ3v) is 5.24. The van der Waals surface area contributed by atoms with Gasteiger partial charge in [-0.25, -0.2) is 0 Å². The van der Waals surface area contributed by atoms with Crippen LogP contribution >= 0.6 is 11.6 Å². The lowest BCUT2D eigenvalue weighted by atomic mass is 9.95. The topological polar surface area (TPSA) is 104 Å². The Bertz CT molecular complexity index is 1010. The number of carbonyl (C=O) groups excluding carboxylic acids is 2. The number of aliphatic carboxylic acids is 1. The molecule has 156 valence electrons. The van der Waals surface area contributed by atoms with Crippen molar-refractivity contribution in [2.24, 2.45) is 0 Å². The fourth-order valence-corrected chi connectivity index (χ4v) is 3.67. The average molecular weight is 430 g/mol. The van der Waals surface area contributed by atoms with Crippen LogP contribution in [0.25, 0.3) is 5.76 Å². The maximum absolute atomic E-state index is 12.9. The predicted octanol–water partition coefficient (Wildman–Crippen LogP) is 3.64. The first-order valence-corrected chi connectivity index (χ1v) is 9.62. The minimum absolute atomic E-state index is 0.0339. The van der Waals surface area contributed by atoms with Crippen LogP contribution in [0.2, 0.25) is 5.02 Å². The highest BCUT2D eigenvalue weighted by atomic mass is 35.5. The summed E-state index contributed by atoms with van der Waals surface area (Å²) in [5, 5.41) is 20.2. The van der Waals surface area contributed by atoms with Crippen LogP contribution < -0.4 is 4.74 Å². The normalized spacial score (nSPS) is 17.9. The number of ether oxygens (including phenoxy) is 1. The molecule has 1 saturated heterocycles. The summed E-state index contributed by atoms with van der Waals surface area (Å²) >= 11 is 6.34. The molecule has 2 aromatic carbocycles. The summed E-state index contributed by atoms with van der Waals surface area (Å²) in [6.07, 6.45) is 0.00258. The summed E-state index contributed by atoms with van der Waals surface area (Å²) in [6.45, 7) is 0.0339. The van der Waals surface area contributed by atoms with Crippen LogP contribution in [0, 0.1) is 0 Å². The number of carboxylic acid groups (broad SMARTS) is 1. The monoisotopic (exact) mass is 429 g/mol. The quantitative estimate of drug-likeness (QED) is 0.395. The Morgan fingerprint density at radius 3 is 2.37 bits per heavy atom. The lowest BCUT2D eigenvalue weighted by Gasteiger charge is -2.25. The van der Waals surface area contributed by atoms with Gasteiger partial charge in [-0.3, -0.25) is 14.4 Å². The van der Waals surface area contributed by atoms with E-state index in [1.807, 2.05) is 0 Å². The van der Waals surface area contributed by atoms with Gasteiger partial charge in [0.25, 0.3) is 11.7 Å². The fraction of sp³-hybridized carbons (Fsp3) is 0.227. The summed E-state index contributed by atoms with van der Waals surface area (Å²) in [7, 11) is 1.51. The number of rotatable bonds is 7. The molecule has 1 fully saturated rings. The number of methoxy groups -OCH3 is 1. The largest absolute Gasteiger partial charge is 0.507 e. The Balaban J connectivity index is 2.10. The van der Waals surface area contributed by atoms with E-state index < -0.39 is 23.7 Å². The number of hydrogen-bond donors (Lipinski definition) is 2. The number of hydrogen-bond acceptors (Lipinski definition) is 5. The average Bonchev–Trinajstić information content (AvgIpc) is 2.98. The van der Waals surface area contributed by atoms with Crippen molar-refractivity contribution in [3.63, 3.8) is 0 Å². The molecule has 1 aliphatic heterocycles. The maximum atomic E-state index is 12.9. The van der Waals surface area contributed by atoms with Crippen LogP contribution in [-0.4, -0.2) is 46.4 Å². The number of amides is 1. The third-order valence-electron chi connectivity index (χ3n) is 4.89. The molecule has 1 atom stereocenters. The third kappa shape index (κ3) is 4.16. The van der Waals surface area contributed by atoms with E-state index in [1.54, 1.807) is 48.5 Å². The lowest BCUT2D eigenvalue weighted by molar-refractivity contribution is -0.140. The van der Waals surface area contributed by atoms with Crippen molar-refractivity contribution >= 4 is 35.0 Å². The molecule has 1 heterocycles. The Hall–Kier alpha value is -3.32. The van der Waals surface area contributed by atoms with E-state index in [-0.39, 0.29) is 30.7 Å². The molecule has 0 aliphatic carbocycles. The standard InChI is InChI=1S/C22H20ClNO6/c1-30-14-10-8-13(9-11-14)20(27)18-19(15-5-2-3-6-16(15)23)24(22(29)21(18)28)12-4-7-17(25)26/h2-3,5-6,8-11,19,27H,4,7,12H2,1H3,(H,25,26)/t19-/m0/s1. The molecule has 3 rings (SSSR count). The van der Waals surface area contributed by atoms with Crippen molar-refractivity contribution < 1.29 is 29.3 Å². The van der Waals surface area contributed by atoms with Crippen molar-refractivity contribution in [2.45, 2.75) is 18.9 Å². The van der Waals surface area contributed by atoms with Crippen molar-refractivity contribution in [3.8, 4) is 5.75 Å². The van der Waals surface area contributed by atoms with Gasteiger partial charge in [0.05, 0.1) is 18.7 Å². The first kappa shape index (κ1) is 21.4. The van der Waals surface area contributed by atoms with Crippen molar-refractivity contribution in [3.05, 3.63) is 70.3 Å². The number of carbonyl (C=O) groups is 3. The second-order valence-corrected chi connectivity index (χ2v) is 7.15. The number of ketones is 1. The molecule has 0 spiro atoms. The summed E-state index contributed by atoms with van der Waals surface area (Å²) in [4.78, 5) is 37.7. The van der Waals surface area contributed by atoms with E-state index in [0.717, 1.165) is 0 Å². The zero-order valence-electron chi connectivity index (χ0n) is 16.2. The van der Waals surface area contributed by atoms with Crippen LogP contribution in [0.4, 0.5) is 0 Å². The zero-order chi connectivity index (χ0) is 21.8. The molecule has 0 unspecified atom stereocenters. The summed E-state index contributed by atoms with van der Waals surface area (Å²) in [5.41, 5.74) is 0.730. The Morgan fingerprint density at radius 1 is 1.10 bits per heavy atom. The van der Waals surface area contributed by atoms with E-state index >= 15 is 0 Å². The molecule has 1 aliphatic rings. The predicted molar refractivity (Wildman–Crippen MR) is 110 cm³/mol. The summed E-state index contributed by atoms with van der Waals surface area (Å²) < 4.78 is 5.11. The van der Waals surface area contributed by atoms with Gasteiger partial charge in [0.2, 0.25) is 0 Å². The smallest absolute Gasteiger partial charge is 0.303 e. The Morgan fingerprint density at radius 2 is 1.77 bits per heavy atom. The number of nitrogens with zero attached hydrogens (tertiary/aromatic N) is 1. The number of benzene rings is 2. The molecule has 2 N–H and O–H groups in total. The van der Waals surface area contributed by atoms with Crippen LogP contribution in [0.5, 0.6) is 5.75 Å². The molecule has 30 heavy (non-hydrogen) atoms. The molecule has 0 radical (unpaired) electrons. The molecule has 0 bridgehead atoms. The van der Waals surface area contributed by atoms with Gasteiger partial charge in [-0.1, -0.05) is 29.8 Å². The number of aliphatic hydroxyl groups is 1. The maximum Gasteiger partial charge on any atom is 0.303 e. The van der Waals surface area contributed by atoms with Crippen molar-refractivity contribution in [1.82, 2.24) is 4.90 Å². The number of Topliss-reactive ketones (excluding diaryl/α,β-unsaturated/α-hetero) is 1. The molecule has 8 heteroatoms. The SMILES string of the molecule is COc1ccc(C(O)=C2C(=O)C(=O)N(CCCC(=O)O)[C@H]2c2ccccc2Cl)cc1. The van der Waals surface area contributed by atoms with Gasteiger partial charge < -0.3 is 19.8 Å². The summed E-state index contributed by atoms with van der Waals surface area (Å²) in [5.74, 6) is -2.41. The number of aliphatic hydroxyl groups excluding tert-OH is 1. The molecule has 7 nitrogen and oxygen atoms in total. The van der Waals surface area contributed by atoms with Gasteiger partial charge in [0.15, 0.2) is 0 Å². The first-order chi connectivity index (χ1) is 14.3. The number of likely N-dealkylation sites (tertiary alicyclic amines) is 1. The van der Waals surface area contributed by atoms with E-state index in [0.29, 0.717) is 21.9 Å². The molecule has 0 saturated carbocycles. The van der Waals surface area contributed by atoms with E-state index in [1.165, 1.54) is 12.0 Å². The van der Waals surface area contributed by atoms with E-state index in [2.05, 4.69) is 0 Å². The highest BCUT2D eigenvalue weighted by Gasteiger charge is 2.46. The van der Waals surface area contributed by atoms with E-state index in [9.17, 15) is 19.5 Å². The van der Waals surface area contributed by atoms with Gasteiger partial charge in [0.1, 0.15) is 11.5 Å². The van der Waals surface area contributed by atoms with Crippen molar-refractivity contribution in [1.29, 1.82) is 0 Å². The molecule has 0 aromatic heterocycles. The highest BCUT2D eigenvalue weighted by molar-refractivity contribution is 6.47. The molecule has 1 amide bonds. The van der Waals surface area contributed by atoms with Crippen LogP contribution in [-0.2, 0) is 14.4 Å². The highest BCUT2D eigenvalue weighted by Crippen LogP contribution is 2.41. The zero-order valence-corrected chi connectivity index (χ0v) is 16.9. The van der Waals surface area contributed by atoms with Gasteiger partial charge in [-0.2, -0.15) is 0 Å². The molecular formula is C22H20ClNO6. The lowest BCUT2D eigenvalue weighted by Crippen LogP contribution is -2.31. The van der Waals surface area contributed by atoms with E-state index in [4.69, 9.17) is 21.4 Å². The summed E-state index contributed by atoms with van der Waals surface area (Å²) in [6, 6.07) is 12.2. The van der Waals surface area contributed by atoms with Gasteiger partial charge in [-0.15, -0.1) is 0 Å². The van der Waals surface area contributed by atoms with Crippen LogP contribution in [0.1, 0.15) is 30.0 Å². The fourth-order valence-electron chi connectivity index (χ4n) is 3.44. The van der Waals surface area contributed by atoms with Gasteiger partial charge in [0, 0.05) is 23.6 Å². The molecular weight excluding hydrogens is 410 g/mol. The Labute approximate surface area is 178 Å². The minimum Gasteiger partial charge on any atom is -0.507 e. The van der Waals surface area contributed by atoms with Crippen LogP contribution in [0.15, 0.2) is 54.1 Å². The second-order valence-electron chi connectivity index (χ2n) is 6.74. The number of carboxylic acids is 1. The first-order valence-electron chi connectivity index (χ1n) is 9.24. The number of halogens is 1.